The minimum absolute atomic E-state index is 0.121. The molecule has 0 aliphatic carbocycles. The number of hydrogen-bond donors (Lipinski definition) is 0. The molecule has 0 bridgehead atoms. The molecule has 0 heterocycles. The molecule has 0 saturated heterocycles. The fourth-order valence-corrected chi connectivity index (χ4v) is 0.673. The third-order valence-electron chi connectivity index (χ3n) is 1.18. The van der Waals surface area contributed by atoms with Crippen molar-refractivity contribution in [3.05, 3.63) is 35.9 Å². The van der Waals surface area contributed by atoms with Crippen LogP contribution in [0.1, 0.15) is 58.8 Å². The molecule has 2 nitrogen and oxygen atoms in total. The van der Waals surface area contributed by atoms with Crippen LogP contribution in [0.2, 0.25) is 0 Å². The van der Waals surface area contributed by atoms with Gasteiger partial charge in [0.25, 0.3) is 0 Å². The Kier molecular flexibility index (Phi) is 20.9. The highest BCUT2D eigenvalue weighted by atomic mass is 16.1. The summed E-state index contributed by atoms with van der Waals surface area (Å²) in [5.74, 6) is 0.288. The summed E-state index contributed by atoms with van der Waals surface area (Å²) >= 11 is 0. The lowest BCUT2D eigenvalue weighted by atomic mass is 10.2. The quantitative estimate of drug-likeness (QED) is 0.673. The van der Waals surface area contributed by atoms with E-state index in [0.29, 0.717) is 0 Å². The zero-order chi connectivity index (χ0) is 14.3. The fraction of sp³-hybridized carbons (Fsp3) is 0.467. The van der Waals surface area contributed by atoms with Crippen LogP contribution in [0.3, 0.4) is 0 Å². The molecule has 1 aromatic carbocycles. The zero-order valence-electron chi connectivity index (χ0n) is 12.2. The Balaban J connectivity index is -0.000000208. The van der Waals surface area contributed by atoms with Crippen molar-refractivity contribution in [1.29, 1.82) is 0 Å². The molecular formula is C15H26O2. The van der Waals surface area contributed by atoms with E-state index in [0.717, 1.165) is 5.56 Å². The molecule has 0 unspecified atom stereocenters. The average Bonchev–Trinajstić information content (AvgIpc) is 2.34. The molecule has 0 saturated carbocycles. The molecule has 0 aliphatic heterocycles. The second-order valence-corrected chi connectivity index (χ2v) is 2.83. The summed E-state index contributed by atoms with van der Waals surface area (Å²) < 4.78 is 0. The molecule has 0 spiro atoms. The molecule has 0 atom stereocenters. The smallest absolute Gasteiger partial charge is 0.159 e. The van der Waals surface area contributed by atoms with Crippen LogP contribution in [0.5, 0.6) is 0 Å². The van der Waals surface area contributed by atoms with E-state index in [1.54, 1.807) is 6.92 Å². The monoisotopic (exact) mass is 238 g/mol. The predicted molar refractivity (Wildman–Crippen MR) is 75.5 cm³/mol. The van der Waals surface area contributed by atoms with E-state index in [-0.39, 0.29) is 11.6 Å². The molecule has 1 rings (SSSR count). The normalized spacial score (nSPS) is 7.00. The van der Waals surface area contributed by atoms with Gasteiger partial charge >= 0.3 is 0 Å². The predicted octanol–water partition coefficient (Wildman–Crippen LogP) is 4.54. The summed E-state index contributed by atoms with van der Waals surface area (Å²) in [5, 5.41) is 0. The van der Waals surface area contributed by atoms with Crippen LogP contribution in [0.4, 0.5) is 0 Å². The lowest BCUT2D eigenvalue weighted by Crippen LogP contribution is -1.88. The minimum atomic E-state index is 0.121. The van der Waals surface area contributed by atoms with Crippen molar-refractivity contribution in [2.75, 3.05) is 0 Å². The summed E-state index contributed by atoms with van der Waals surface area (Å²) in [4.78, 5) is 20.1. The van der Waals surface area contributed by atoms with Gasteiger partial charge in [-0.25, -0.2) is 0 Å². The van der Waals surface area contributed by atoms with Crippen LogP contribution in [-0.2, 0) is 4.79 Å². The van der Waals surface area contributed by atoms with Crippen LogP contribution < -0.4 is 0 Å². The van der Waals surface area contributed by atoms with Crippen molar-refractivity contribution < 1.29 is 9.59 Å². The van der Waals surface area contributed by atoms with E-state index >= 15 is 0 Å². The number of hydrogen-bond acceptors (Lipinski definition) is 2. The van der Waals surface area contributed by atoms with Crippen LogP contribution in [-0.4, -0.2) is 11.6 Å². The lowest BCUT2D eigenvalue weighted by Gasteiger charge is -1.89. The number of rotatable bonds is 1. The number of Topliss-reactive ketones (excluding diaryl/α,β-unsaturated/α-hetero) is 2. The first-order chi connectivity index (χ1) is 8.04. The van der Waals surface area contributed by atoms with Gasteiger partial charge in [0.15, 0.2) is 5.78 Å². The Labute approximate surface area is 106 Å². The third kappa shape index (κ3) is 20.6. The number of carbonyl (C=O) groups is 2. The highest BCUT2D eigenvalue weighted by Crippen LogP contribution is 1.97. The van der Waals surface area contributed by atoms with Gasteiger partial charge in [-0.2, -0.15) is 0 Å². The van der Waals surface area contributed by atoms with Gasteiger partial charge in [0.2, 0.25) is 0 Å². The van der Waals surface area contributed by atoms with Gasteiger partial charge in [0.1, 0.15) is 5.78 Å². The van der Waals surface area contributed by atoms with E-state index in [1.807, 2.05) is 58.0 Å². The van der Waals surface area contributed by atoms with Gasteiger partial charge in [-0.05, 0) is 20.8 Å². The van der Waals surface area contributed by atoms with Gasteiger partial charge in [0.05, 0.1) is 0 Å². The van der Waals surface area contributed by atoms with Gasteiger partial charge in [-0.15, -0.1) is 0 Å². The molecule has 0 aliphatic rings. The Morgan fingerprint density at radius 3 is 1.24 bits per heavy atom. The fourth-order valence-electron chi connectivity index (χ4n) is 0.673. The Morgan fingerprint density at radius 2 is 1.06 bits per heavy atom. The summed E-state index contributed by atoms with van der Waals surface area (Å²) in [6, 6.07) is 9.23. The zero-order valence-corrected chi connectivity index (χ0v) is 12.2. The lowest BCUT2D eigenvalue weighted by molar-refractivity contribution is -0.114. The van der Waals surface area contributed by atoms with Gasteiger partial charge in [-0.1, -0.05) is 58.0 Å². The SMILES string of the molecule is CC.CC.CC(=O)c1ccccc1.CC(C)=O. The van der Waals surface area contributed by atoms with Crippen LogP contribution in [0, 0.1) is 0 Å². The number of carbonyl (C=O) groups excluding carboxylic acids is 2. The van der Waals surface area contributed by atoms with Crippen molar-refractivity contribution in [3.8, 4) is 0 Å². The summed E-state index contributed by atoms with van der Waals surface area (Å²) in [5.41, 5.74) is 0.775. The number of ketones is 2. The first kappa shape index (κ1) is 20.9. The van der Waals surface area contributed by atoms with Crippen LogP contribution in [0.25, 0.3) is 0 Å². The van der Waals surface area contributed by atoms with Crippen LogP contribution >= 0.6 is 0 Å². The molecule has 0 fully saturated rings. The molecule has 0 radical (unpaired) electrons. The molecule has 0 amide bonds. The maximum atomic E-state index is 10.6. The Bertz CT molecular complexity index is 272. The highest BCUT2D eigenvalue weighted by molar-refractivity contribution is 5.93. The first-order valence-electron chi connectivity index (χ1n) is 6.07. The maximum Gasteiger partial charge on any atom is 0.159 e. The van der Waals surface area contributed by atoms with E-state index in [4.69, 9.17) is 0 Å². The van der Waals surface area contributed by atoms with Crippen molar-refractivity contribution >= 4 is 11.6 Å². The molecular weight excluding hydrogens is 212 g/mol. The largest absolute Gasteiger partial charge is 0.300 e. The Morgan fingerprint density at radius 1 is 0.765 bits per heavy atom. The van der Waals surface area contributed by atoms with E-state index in [2.05, 4.69) is 0 Å². The molecule has 98 valence electrons. The van der Waals surface area contributed by atoms with Crippen LogP contribution in [0.15, 0.2) is 30.3 Å². The molecule has 17 heavy (non-hydrogen) atoms. The Hall–Kier alpha value is -1.44. The van der Waals surface area contributed by atoms with Crippen molar-refractivity contribution in [1.82, 2.24) is 0 Å². The third-order valence-corrected chi connectivity index (χ3v) is 1.18. The second-order valence-electron chi connectivity index (χ2n) is 2.83. The number of benzene rings is 1. The van der Waals surface area contributed by atoms with Gasteiger partial charge in [0, 0.05) is 5.56 Å². The van der Waals surface area contributed by atoms with E-state index in [9.17, 15) is 9.59 Å². The van der Waals surface area contributed by atoms with Gasteiger partial charge < -0.3 is 4.79 Å². The van der Waals surface area contributed by atoms with Crippen molar-refractivity contribution in [3.63, 3.8) is 0 Å². The summed E-state index contributed by atoms with van der Waals surface area (Å²) in [6.45, 7) is 12.6. The molecule has 1 aromatic rings. The summed E-state index contributed by atoms with van der Waals surface area (Å²) in [6.07, 6.45) is 0. The maximum absolute atomic E-state index is 10.6. The standard InChI is InChI=1S/C8H8O.C3H6O.2C2H6/c1-7(9)8-5-3-2-4-6-8;1-3(2)4;2*1-2/h2-6H,1H3;1-2H3;2*1-2H3. The molecule has 2 heteroatoms. The van der Waals surface area contributed by atoms with Crippen molar-refractivity contribution in [2.24, 2.45) is 0 Å². The summed E-state index contributed by atoms with van der Waals surface area (Å²) in [7, 11) is 0. The van der Waals surface area contributed by atoms with E-state index < -0.39 is 0 Å². The van der Waals surface area contributed by atoms with Crippen molar-refractivity contribution in [2.45, 2.75) is 48.5 Å². The second kappa shape index (κ2) is 17.0. The highest BCUT2D eigenvalue weighted by Gasteiger charge is 1.92. The van der Waals surface area contributed by atoms with Gasteiger partial charge in [-0.3, -0.25) is 4.79 Å². The van der Waals surface area contributed by atoms with E-state index in [1.165, 1.54) is 13.8 Å². The topological polar surface area (TPSA) is 34.1 Å². The minimum Gasteiger partial charge on any atom is -0.300 e. The average molecular weight is 238 g/mol. The molecule has 0 N–H and O–H groups in total. The first-order valence-corrected chi connectivity index (χ1v) is 6.07. The molecule has 0 aromatic heterocycles.